The van der Waals surface area contributed by atoms with Crippen molar-refractivity contribution < 1.29 is 23.2 Å². The third-order valence-corrected chi connectivity index (χ3v) is 5.01. The minimum Gasteiger partial charge on any atom is -0.465 e. The quantitative estimate of drug-likeness (QED) is 0.626. The Morgan fingerprint density at radius 1 is 1.32 bits per heavy atom. The molecule has 1 heterocycles. The Bertz CT molecular complexity index is 682. The molecule has 0 saturated carbocycles. The highest BCUT2D eigenvalue weighted by Crippen LogP contribution is 2.24. The van der Waals surface area contributed by atoms with Crippen LogP contribution in [0.5, 0.6) is 0 Å². The second kappa shape index (κ2) is 6.28. The molecule has 0 unspecified atom stereocenters. The van der Waals surface area contributed by atoms with E-state index < -0.39 is 32.8 Å². The first-order chi connectivity index (χ1) is 10.3. The van der Waals surface area contributed by atoms with E-state index in [2.05, 4.69) is 4.72 Å². The second-order valence-electron chi connectivity index (χ2n) is 4.89. The molecule has 0 aliphatic carbocycles. The van der Waals surface area contributed by atoms with Crippen LogP contribution in [0.1, 0.15) is 12.8 Å². The zero-order chi connectivity index (χ0) is 16.3. The number of nitro groups is 1. The van der Waals surface area contributed by atoms with Crippen LogP contribution in [-0.4, -0.2) is 48.6 Å². The number of para-hydroxylation sites is 1. The molecule has 0 aromatic heterocycles. The molecule has 0 atom stereocenters. The van der Waals surface area contributed by atoms with E-state index in [9.17, 15) is 23.3 Å². The topological polar surface area (TPSA) is 130 Å². The molecule has 1 fully saturated rings. The van der Waals surface area contributed by atoms with Crippen LogP contribution in [0.25, 0.3) is 0 Å². The maximum Gasteiger partial charge on any atom is 0.407 e. The molecule has 0 spiro atoms. The monoisotopic (exact) mass is 329 g/mol. The molecule has 10 heteroatoms. The molecule has 2 rings (SSSR count). The van der Waals surface area contributed by atoms with Crippen molar-refractivity contribution >= 4 is 21.8 Å². The fourth-order valence-corrected chi connectivity index (χ4v) is 3.78. The minimum atomic E-state index is -4.03. The van der Waals surface area contributed by atoms with Gasteiger partial charge in [0.15, 0.2) is 4.90 Å². The maximum atomic E-state index is 12.3. The highest BCUT2D eigenvalue weighted by Gasteiger charge is 2.30. The number of carbonyl (C=O) groups is 1. The van der Waals surface area contributed by atoms with Crippen molar-refractivity contribution in [2.24, 2.45) is 0 Å². The van der Waals surface area contributed by atoms with Crippen molar-refractivity contribution in [2.45, 2.75) is 23.8 Å². The van der Waals surface area contributed by atoms with E-state index in [1.165, 1.54) is 23.1 Å². The van der Waals surface area contributed by atoms with Gasteiger partial charge in [0, 0.05) is 25.2 Å². The largest absolute Gasteiger partial charge is 0.465 e. The van der Waals surface area contributed by atoms with Crippen LogP contribution >= 0.6 is 0 Å². The van der Waals surface area contributed by atoms with E-state index in [-0.39, 0.29) is 18.0 Å². The third-order valence-electron chi connectivity index (χ3n) is 3.44. The number of piperidine rings is 1. The standard InChI is InChI=1S/C12H15N3O6S/c16-12(17)14-7-5-9(6-8-14)13-22(20,21)11-4-2-1-3-10(11)15(18)19/h1-4,9,13H,5-8H2,(H,16,17). The zero-order valence-corrected chi connectivity index (χ0v) is 12.3. The van der Waals surface area contributed by atoms with Gasteiger partial charge >= 0.3 is 6.09 Å². The molecule has 1 aromatic carbocycles. The summed E-state index contributed by atoms with van der Waals surface area (Å²) >= 11 is 0. The number of sulfonamides is 1. The lowest BCUT2D eigenvalue weighted by Gasteiger charge is -2.30. The van der Waals surface area contributed by atoms with E-state index in [1.54, 1.807) is 0 Å². The first-order valence-corrected chi connectivity index (χ1v) is 8.03. The molecular weight excluding hydrogens is 314 g/mol. The van der Waals surface area contributed by atoms with Crippen molar-refractivity contribution in [3.63, 3.8) is 0 Å². The number of hydrogen-bond acceptors (Lipinski definition) is 5. The number of likely N-dealkylation sites (tertiary alicyclic amines) is 1. The highest BCUT2D eigenvalue weighted by atomic mass is 32.2. The summed E-state index contributed by atoms with van der Waals surface area (Å²) in [4.78, 5) is 21.8. The molecule has 1 aliphatic heterocycles. The number of nitro benzene ring substituents is 1. The molecule has 1 amide bonds. The summed E-state index contributed by atoms with van der Waals surface area (Å²) < 4.78 is 27.0. The molecule has 1 aliphatic rings. The van der Waals surface area contributed by atoms with Crippen LogP contribution in [-0.2, 0) is 10.0 Å². The average molecular weight is 329 g/mol. The summed E-state index contributed by atoms with van der Waals surface area (Å²) in [5.41, 5.74) is -0.488. The second-order valence-corrected chi connectivity index (χ2v) is 6.57. The van der Waals surface area contributed by atoms with Crippen LogP contribution in [0.15, 0.2) is 29.2 Å². The van der Waals surface area contributed by atoms with Gasteiger partial charge in [0.2, 0.25) is 10.0 Å². The van der Waals surface area contributed by atoms with Crippen LogP contribution in [0.3, 0.4) is 0 Å². The lowest BCUT2D eigenvalue weighted by molar-refractivity contribution is -0.387. The van der Waals surface area contributed by atoms with Gasteiger partial charge in [0.25, 0.3) is 5.69 Å². The van der Waals surface area contributed by atoms with Gasteiger partial charge in [-0.25, -0.2) is 17.9 Å². The van der Waals surface area contributed by atoms with E-state index in [0.717, 1.165) is 6.07 Å². The van der Waals surface area contributed by atoms with Gasteiger partial charge in [-0.2, -0.15) is 0 Å². The van der Waals surface area contributed by atoms with Crippen molar-refractivity contribution in [3.05, 3.63) is 34.4 Å². The Kier molecular flexibility index (Phi) is 4.62. The number of benzene rings is 1. The predicted molar refractivity (Wildman–Crippen MR) is 76.0 cm³/mol. The fraction of sp³-hybridized carbons (Fsp3) is 0.417. The smallest absolute Gasteiger partial charge is 0.407 e. The highest BCUT2D eigenvalue weighted by molar-refractivity contribution is 7.89. The van der Waals surface area contributed by atoms with E-state index in [1.807, 2.05) is 0 Å². The van der Waals surface area contributed by atoms with Gasteiger partial charge in [0.05, 0.1) is 4.92 Å². The summed E-state index contributed by atoms with van der Waals surface area (Å²) in [5.74, 6) is 0. The Hall–Kier alpha value is -2.20. The van der Waals surface area contributed by atoms with Gasteiger partial charge in [0.1, 0.15) is 0 Å². The molecule has 120 valence electrons. The van der Waals surface area contributed by atoms with Crippen LogP contribution in [0, 0.1) is 10.1 Å². The summed E-state index contributed by atoms with van der Waals surface area (Å²) in [7, 11) is -4.03. The van der Waals surface area contributed by atoms with Crippen molar-refractivity contribution in [1.29, 1.82) is 0 Å². The Labute approximate surface area is 126 Å². The normalized spacial score (nSPS) is 16.5. The van der Waals surface area contributed by atoms with Crippen LogP contribution < -0.4 is 4.72 Å². The Morgan fingerprint density at radius 3 is 2.45 bits per heavy atom. The zero-order valence-electron chi connectivity index (χ0n) is 11.5. The Morgan fingerprint density at radius 2 is 1.91 bits per heavy atom. The van der Waals surface area contributed by atoms with E-state index in [0.29, 0.717) is 12.8 Å². The number of amides is 1. The van der Waals surface area contributed by atoms with Crippen molar-refractivity contribution in [3.8, 4) is 0 Å². The molecule has 1 saturated heterocycles. The molecule has 0 bridgehead atoms. The van der Waals surface area contributed by atoms with Crippen molar-refractivity contribution in [1.82, 2.24) is 9.62 Å². The van der Waals surface area contributed by atoms with Gasteiger partial charge < -0.3 is 10.0 Å². The summed E-state index contributed by atoms with van der Waals surface area (Å²) in [6, 6.07) is 4.66. The third kappa shape index (κ3) is 3.52. The lowest BCUT2D eigenvalue weighted by Crippen LogP contribution is -2.46. The number of nitrogens with one attached hydrogen (secondary N) is 1. The van der Waals surface area contributed by atoms with Gasteiger partial charge in [-0.05, 0) is 18.9 Å². The lowest BCUT2D eigenvalue weighted by atomic mass is 10.1. The van der Waals surface area contributed by atoms with Crippen molar-refractivity contribution in [2.75, 3.05) is 13.1 Å². The number of rotatable bonds is 4. The SMILES string of the molecule is O=C(O)N1CCC(NS(=O)(=O)c2ccccc2[N+](=O)[O-])CC1. The van der Waals surface area contributed by atoms with Crippen LogP contribution in [0.4, 0.5) is 10.5 Å². The first kappa shape index (κ1) is 16.2. The summed E-state index contributed by atoms with van der Waals surface area (Å²) in [6.07, 6.45) is -0.391. The minimum absolute atomic E-state index is 0.222. The first-order valence-electron chi connectivity index (χ1n) is 6.55. The predicted octanol–water partition coefficient (Wildman–Crippen LogP) is 1.02. The van der Waals surface area contributed by atoms with Crippen LogP contribution in [0.2, 0.25) is 0 Å². The molecule has 22 heavy (non-hydrogen) atoms. The number of nitrogens with zero attached hydrogens (tertiary/aromatic N) is 2. The summed E-state index contributed by atoms with van der Waals surface area (Å²) in [5, 5.41) is 19.8. The summed E-state index contributed by atoms with van der Waals surface area (Å²) in [6.45, 7) is 0.443. The molecule has 1 aromatic rings. The van der Waals surface area contributed by atoms with Gasteiger partial charge in [-0.1, -0.05) is 12.1 Å². The Balaban J connectivity index is 2.13. The fourth-order valence-electron chi connectivity index (χ4n) is 2.31. The average Bonchev–Trinajstić information content (AvgIpc) is 2.47. The number of carboxylic acid groups (broad SMARTS) is 1. The molecule has 2 N–H and O–H groups in total. The van der Waals surface area contributed by atoms with Gasteiger partial charge in [-0.15, -0.1) is 0 Å². The van der Waals surface area contributed by atoms with Gasteiger partial charge in [-0.3, -0.25) is 10.1 Å². The molecule has 0 radical (unpaired) electrons. The molecular formula is C12H15N3O6S. The molecule has 9 nitrogen and oxygen atoms in total. The van der Waals surface area contributed by atoms with E-state index in [4.69, 9.17) is 5.11 Å². The maximum absolute atomic E-state index is 12.3. The van der Waals surface area contributed by atoms with E-state index >= 15 is 0 Å². The number of hydrogen-bond donors (Lipinski definition) is 2.